The highest BCUT2D eigenvalue weighted by Crippen LogP contribution is 2.42. The Hall–Kier alpha value is -1.35. The third-order valence-corrected chi connectivity index (χ3v) is 4.29. The van der Waals surface area contributed by atoms with E-state index in [1.807, 2.05) is 26.8 Å². The van der Waals surface area contributed by atoms with Crippen molar-refractivity contribution in [3.8, 4) is 0 Å². The summed E-state index contributed by atoms with van der Waals surface area (Å²) in [6.07, 6.45) is 0.428. The Kier molecular flexibility index (Phi) is 3.21. The van der Waals surface area contributed by atoms with Crippen LogP contribution in [0.2, 0.25) is 5.02 Å². The van der Waals surface area contributed by atoms with Gasteiger partial charge in [0.1, 0.15) is 11.2 Å². The SMILES string of the molecule is CCC1(C(C)=O)C(=O)NC(C)(C)c2ccc(Cl)cc21. The number of benzene rings is 1. The molecule has 0 spiro atoms. The number of Topliss-reactive ketones (excluding diaryl/α,β-unsaturated/α-hetero) is 1. The Morgan fingerprint density at radius 3 is 2.47 bits per heavy atom. The summed E-state index contributed by atoms with van der Waals surface area (Å²) in [5.74, 6) is -0.381. The van der Waals surface area contributed by atoms with E-state index in [4.69, 9.17) is 11.6 Å². The van der Waals surface area contributed by atoms with Gasteiger partial charge in [-0.1, -0.05) is 24.6 Å². The molecule has 1 heterocycles. The van der Waals surface area contributed by atoms with Gasteiger partial charge in [-0.3, -0.25) is 9.59 Å². The van der Waals surface area contributed by atoms with E-state index >= 15 is 0 Å². The monoisotopic (exact) mass is 279 g/mol. The smallest absolute Gasteiger partial charge is 0.238 e. The van der Waals surface area contributed by atoms with Crippen LogP contribution in [-0.4, -0.2) is 11.7 Å². The van der Waals surface area contributed by atoms with E-state index < -0.39 is 11.0 Å². The van der Waals surface area contributed by atoms with Gasteiger partial charge in [-0.05, 0) is 50.5 Å². The van der Waals surface area contributed by atoms with E-state index in [1.165, 1.54) is 6.92 Å². The fourth-order valence-electron chi connectivity index (χ4n) is 2.94. The number of rotatable bonds is 2. The van der Waals surface area contributed by atoms with Gasteiger partial charge in [-0.25, -0.2) is 0 Å². The second-order valence-corrected chi connectivity index (χ2v) is 6.02. The lowest BCUT2D eigenvalue weighted by molar-refractivity contribution is -0.138. The number of hydrogen-bond donors (Lipinski definition) is 1. The molecular formula is C15H18ClNO2. The van der Waals surface area contributed by atoms with Crippen molar-refractivity contribution in [2.45, 2.75) is 45.1 Å². The normalized spacial score (nSPS) is 24.6. The van der Waals surface area contributed by atoms with Crippen LogP contribution in [0.4, 0.5) is 0 Å². The topological polar surface area (TPSA) is 46.2 Å². The molecule has 102 valence electrons. The van der Waals surface area contributed by atoms with Crippen LogP contribution in [0.5, 0.6) is 0 Å². The van der Waals surface area contributed by atoms with Gasteiger partial charge in [0.15, 0.2) is 0 Å². The van der Waals surface area contributed by atoms with E-state index in [-0.39, 0.29) is 11.7 Å². The van der Waals surface area contributed by atoms with Crippen LogP contribution in [0, 0.1) is 0 Å². The van der Waals surface area contributed by atoms with Crippen molar-refractivity contribution in [1.29, 1.82) is 0 Å². The first-order valence-corrected chi connectivity index (χ1v) is 6.77. The second-order valence-electron chi connectivity index (χ2n) is 5.58. The van der Waals surface area contributed by atoms with E-state index in [2.05, 4.69) is 5.32 Å². The highest BCUT2D eigenvalue weighted by molar-refractivity contribution is 6.30. The molecule has 1 aromatic rings. The Balaban J connectivity index is 2.82. The number of amides is 1. The van der Waals surface area contributed by atoms with Gasteiger partial charge in [0.25, 0.3) is 0 Å². The summed E-state index contributed by atoms with van der Waals surface area (Å²) in [6, 6.07) is 5.44. The number of ketones is 1. The van der Waals surface area contributed by atoms with Crippen molar-refractivity contribution in [2.75, 3.05) is 0 Å². The fourth-order valence-corrected chi connectivity index (χ4v) is 3.12. The number of halogens is 1. The average molecular weight is 280 g/mol. The first kappa shape index (κ1) is 14.1. The molecule has 19 heavy (non-hydrogen) atoms. The Labute approximate surface area is 118 Å². The van der Waals surface area contributed by atoms with Crippen molar-refractivity contribution in [3.05, 3.63) is 34.3 Å². The Bertz CT molecular complexity index is 565. The zero-order valence-electron chi connectivity index (χ0n) is 11.6. The molecule has 1 aliphatic heterocycles. The molecule has 3 nitrogen and oxygen atoms in total. The molecule has 4 heteroatoms. The number of carbonyl (C=O) groups excluding carboxylic acids is 2. The van der Waals surface area contributed by atoms with Gasteiger partial charge >= 0.3 is 0 Å². The molecule has 1 aliphatic rings. The van der Waals surface area contributed by atoms with Crippen LogP contribution in [-0.2, 0) is 20.5 Å². The minimum absolute atomic E-state index is 0.147. The minimum Gasteiger partial charge on any atom is -0.346 e. The van der Waals surface area contributed by atoms with Crippen LogP contribution in [0.1, 0.15) is 45.2 Å². The zero-order chi connectivity index (χ0) is 14.4. The standard InChI is InChI=1S/C15H18ClNO2/c1-5-15(9(2)18)12-8-10(16)6-7-11(12)14(3,4)17-13(15)19/h6-8H,5H2,1-4H3,(H,17,19). The van der Waals surface area contributed by atoms with Crippen molar-refractivity contribution >= 4 is 23.3 Å². The third kappa shape index (κ3) is 1.88. The van der Waals surface area contributed by atoms with Crippen molar-refractivity contribution < 1.29 is 9.59 Å². The summed E-state index contributed by atoms with van der Waals surface area (Å²) in [7, 11) is 0. The lowest BCUT2D eigenvalue weighted by Gasteiger charge is -2.43. The van der Waals surface area contributed by atoms with Crippen molar-refractivity contribution in [1.82, 2.24) is 5.32 Å². The van der Waals surface area contributed by atoms with E-state index in [1.54, 1.807) is 12.1 Å². The van der Waals surface area contributed by atoms with E-state index in [0.29, 0.717) is 11.4 Å². The quantitative estimate of drug-likeness (QED) is 0.846. The molecule has 0 radical (unpaired) electrons. The van der Waals surface area contributed by atoms with E-state index in [9.17, 15) is 9.59 Å². The fraction of sp³-hybridized carbons (Fsp3) is 0.467. The predicted molar refractivity (Wildman–Crippen MR) is 75.3 cm³/mol. The zero-order valence-corrected chi connectivity index (χ0v) is 12.4. The van der Waals surface area contributed by atoms with Gasteiger partial charge in [0.05, 0.1) is 5.54 Å². The molecule has 0 aliphatic carbocycles. The van der Waals surface area contributed by atoms with Gasteiger partial charge in [-0.15, -0.1) is 0 Å². The van der Waals surface area contributed by atoms with Gasteiger partial charge in [-0.2, -0.15) is 0 Å². The largest absolute Gasteiger partial charge is 0.346 e. The summed E-state index contributed by atoms with van der Waals surface area (Å²) in [5, 5.41) is 3.50. The molecule has 0 saturated heterocycles. The lowest BCUT2D eigenvalue weighted by atomic mass is 9.66. The first-order chi connectivity index (χ1) is 8.75. The predicted octanol–water partition coefficient (Wildman–Crippen LogP) is 2.94. The summed E-state index contributed by atoms with van der Waals surface area (Å²) >= 11 is 6.06. The summed E-state index contributed by atoms with van der Waals surface area (Å²) in [6.45, 7) is 7.17. The minimum atomic E-state index is -1.12. The van der Waals surface area contributed by atoms with Crippen LogP contribution >= 0.6 is 11.6 Å². The Morgan fingerprint density at radius 2 is 1.95 bits per heavy atom. The number of carbonyl (C=O) groups is 2. The highest BCUT2D eigenvalue weighted by atomic mass is 35.5. The molecule has 0 saturated carbocycles. The van der Waals surface area contributed by atoms with Crippen molar-refractivity contribution in [3.63, 3.8) is 0 Å². The van der Waals surface area contributed by atoms with Crippen LogP contribution in [0.25, 0.3) is 0 Å². The van der Waals surface area contributed by atoms with Gasteiger partial charge < -0.3 is 5.32 Å². The van der Waals surface area contributed by atoms with Crippen LogP contribution in [0.3, 0.4) is 0 Å². The molecule has 1 aromatic carbocycles. The highest BCUT2D eigenvalue weighted by Gasteiger charge is 2.51. The number of fused-ring (bicyclic) bond motifs is 1. The maximum atomic E-state index is 12.5. The van der Waals surface area contributed by atoms with Gasteiger partial charge in [0, 0.05) is 5.02 Å². The summed E-state index contributed by atoms with van der Waals surface area (Å²) in [4.78, 5) is 24.6. The molecule has 1 unspecified atom stereocenters. The molecule has 1 amide bonds. The Morgan fingerprint density at radius 1 is 1.32 bits per heavy atom. The molecular weight excluding hydrogens is 262 g/mol. The van der Waals surface area contributed by atoms with Crippen LogP contribution < -0.4 is 5.32 Å². The summed E-state index contributed by atoms with van der Waals surface area (Å²) < 4.78 is 0. The lowest BCUT2D eigenvalue weighted by Crippen LogP contribution is -2.59. The molecule has 2 rings (SSSR count). The first-order valence-electron chi connectivity index (χ1n) is 6.40. The van der Waals surface area contributed by atoms with Gasteiger partial charge in [0.2, 0.25) is 5.91 Å². The molecule has 0 fully saturated rings. The second kappa shape index (κ2) is 4.34. The maximum Gasteiger partial charge on any atom is 0.238 e. The summed E-state index contributed by atoms with van der Waals surface area (Å²) in [5.41, 5.74) is 0.0817. The molecule has 0 aromatic heterocycles. The maximum absolute atomic E-state index is 12.5. The van der Waals surface area contributed by atoms with Crippen LogP contribution in [0.15, 0.2) is 18.2 Å². The van der Waals surface area contributed by atoms with Crippen molar-refractivity contribution in [2.24, 2.45) is 0 Å². The third-order valence-electron chi connectivity index (χ3n) is 4.06. The number of hydrogen-bond acceptors (Lipinski definition) is 2. The molecule has 0 bridgehead atoms. The van der Waals surface area contributed by atoms with E-state index in [0.717, 1.165) is 11.1 Å². The number of nitrogens with one attached hydrogen (secondary N) is 1. The molecule has 1 N–H and O–H groups in total. The molecule has 1 atom stereocenters. The average Bonchev–Trinajstić information content (AvgIpc) is 2.28.